The van der Waals surface area contributed by atoms with E-state index in [2.05, 4.69) is 19.1 Å². The summed E-state index contributed by atoms with van der Waals surface area (Å²) in [5.41, 5.74) is 3.93. The van der Waals surface area contributed by atoms with Crippen molar-refractivity contribution in [3.8, 4) is 11.5 Å². The molecule has 0 radical (unpaired) electrons. The summed E-state index contributed by atoms with van der Waals surface area (Å²) in [7, 11) is 1.61. The minimum atomic E-state index is -0.130. The Hall–Kier alpha value is -3.61. The van der Waals surface area contributed by atoms with Crippen LogP contribution in [0.2, 0.25) is 0 Å². The van der Waals surface area contributed by atoms with Gasteiger partial charge in [0.1, 0.15) is 6.61 Å². The van der Waals surface area contributed by atoms with Crippen LogP contribution < -0.4 is 14.4 Å². The van der Waals surface area contributed by atoms with E-state index in [9.17, 15) is 4.79 Å². The minimum Gasteiger partial charge on any atom is -0.493 e. The third-order valence-corrected chi connectivity index (χ3v) is 7.10. The number of carbonyl (C=O) groups is 1. The van der Waals surface area contributed by atoms with Crippen LogP contribution in [0.15, 0.2) is 89.8 Å². The lowest BCUT2D eigenvalue weighted by Crippen LogP contribution is -2.27. The Balaban J connectivity index is 1.38. The molecule has 1 heterocycles. The Morgan fingerprint density at radius 2 is 1.71 bits per heavy atom. The van der Waals surface area contributed by atoms with E-state index in [1.54, 1.807) is 12.0 Å². The predicted octanol–water partition coefficient (Wildman–Crippen LogP) is 7.14. The monoisotopic (exact) mass is 497 g/mol. The molecule has 0 aliphatic carbocycles. The van der Waals surface area contributed by atoms with E-state index < -0.39 is 0 Å². The standard InChI is InChI=1S/C29H23NO3S2/c1-19-10-12-20(13-11-19)18-33-25-15-14-21(16-26(25)32-2)17-27-28(31)30(29(34)35-27)24-9-5-7-22-6-3-4-8-23(22)24/h3-17H,18H2,1-2H3/b27-17-. The van der Waals surface area contributed by atoms with Crippen molar-refractivity contribution in [1.82, 2.24) is 0 Å². The van der Waals surface area contributed by atoms with Crippen LogP contribution in [0.1, 0.15) is 16.7 Å². The molecule has 1 aliphatic rings. The van der Waals surface area contributed by atoms with Crippen molar-refractivity contribution in [2.75, 3.05) is 12.0 Å². The first kappa shape index (κ1) is 23.1. The zero-order chi connectivity index (χ0) is 24.4. The summed E-state index contributed by atoms with van der Waals surface area (Å²) in [6.45, 7) is 2.50. The number of hydrogen-bond donors (Lipinski definition) is 0. The molecule has 5 rings (SSSR count). The number of rotatable bonds is 6. The van der Waals surface area contributed by atoms with Crippen LogP contribution >= 0.6 is 24.0 Å². The minimum absolute atomic E-state index is 0.130. The molecule has 35 heavy (non-hydrogen) atoms. The van der Waals surface area contributed by atoms with Crippen LogP contribution in [0.5, 0.6) is 11.5 Å². The second kappa shape index (κ2) is 9.94. The van der Waals surface area contributed by atoms with Gasteiger partial charge in [0.25, 0.3) is 5.91 Å². The summed E-state index contributed by atoms with van der Waals surface area (Å²) in [6.07, 6.45) is 1.84. The molecular formula is C29H23NO3S2. The number of thioether (sulfide) groups is 1. The van der Waals surface area contributed by atoms with Crippen LogP contribution in [0.3, 0.4) is 0 Å². The van der Waals surface area contributed by atoms with E-state index in [0.29, 0.717) is 27.3 Å². The van der Waals surface area contributed by atoms with Gasteiger partial charge in [0.2, 0.25) is 0 Å². The van der Waals surface area contributed by atoms with Gasteiger partial charge in [0, 0.05) is 5.39 Å². The second-order valence-corrected chi connectivity index (χ2v) is 9.88. The Morgan fingerprint density at radius 1 is 0.943 bits per heavy atom. The van der Waals surface area contributed by atoms with Crippen molar-refractivity contribution in [3.63, 3.8) is 0 Å². The summed E-state index contributed by atoms with van der Waals surface area (Å²) in [5, 5.41) is 2.05. The maximum absolute atomic E-state index is 13.4. The predicted molar refractivity (Wildman–Crippen MR) is 148 cm³/mol. The third kappa shape index (κ3) is 4.81. The van der Waals surface area contributed by atoms with Crippen molar-refractivity contribution in [2.45, 2.75) is 13.5 Å². The van der Waals surface area contributed by atoms with Gasteiger partial charge in [-0.15, -0.1) is 0 Å². The van der Waals surface area contributed by atoms with E-state index in [0.717, 1.165) is 27.6 Å². The lowest BCUT2D eigenvalue weighted by atomic mass is 10.1. The van der Waals surface area contributed by atoms with Gasteiger partial charge >= 0.3 is 0 Å². The van der Waals surface area contributed by atoms with Gasteiger partial charge in [-0.3, -0.25) is 9.69 Å². The average molecular weight is 498 g/mol. The number of benzene rings is 4. The molecule has 1 aliphatic heterocycles. The normalized spacial score (nSPS) is 14.7. The molecule has 1 saturated heterocycles. The topological polar surface area (TPSA) is 38.8 Å². The van der Waals surface area contributed by atoms with Gasteiger partial charge in [0.05, 0.1) is 17.7 Å². The van der Waals surface area contributed by atoms with Gasteiger partial charge in [0.15, 0.2) is 15.8 Å². The van der Waals surface area contributed by atoms with Crippen molar-refractivity contribution in [3.05, 3.63) is 107 Å². The SMILES string of the molecule is COc1cc(/C=C2\SC(=S)N(c3cccc4ccccc34)C2=O)ccc1OCc1ccc(C)cc1. The molecule has 174 valence electrons. The fourth-order valence-electron chi connectivity index (χ4n) is 3.97. The van der Waals surface area contributed by atoms with Crippen molar-refractivity contribution in [1.29, 1.82) is 0 Å². The van der Waals surface area contributed by atoms with Gasteiger partial charge in [-0.05, 0) is 47.7 Å². The largest absolute Gasteiger partial charge is 0.493 e. The summed E-state index contributed by atoms with van der Waals surface area (Å²) < 4.78 is 12.1. The van der Waals surface area contributed by atoms with Gasteiger partial charge < -0.3 is 9.47 Å². The average Bonchev–Trinajstić information content (AvgIpc) is 3.15. The first-order valence-corrected chi connectivity index (χ1v) is 12.4. The maximum atomic E-state index is 13.4. The number of aryl methyl sites for hydroxylation is 1. The first-order chi connectivity index (χ1) is 17.0. The molecule has 0 unspecified atom stereocenters. The number of fused-ring (bicyclic) bond motifs is 1. The van der Waals surface area contributed by atoms with Crippen LogP contribution in [0, 0.1) is 6.92 Å². The second-order valence-electron chi connectivity index (χ2n) is 8.20. The van der Waals surface area contributed by atoms with Crippen molar-refractivity contribution in [2.24, 2.45) is 0 Å². The van der Waals surface area contributed by atoms with E-state index in [-0.39, 0.29) is 5.91 Å². The molecule has 1 amide bonds. The quantitative estimate of drug-likeness (QED) is 0.209. The van der Waals surface area contributed by atoms with Crippen LogP contribution in [0.4, 0.5) is 5.69 Å². The van der Waals surface area contributed by atoms with Gasteiger partial charge in [-0.25, -0.2) is 0 Å². The Bertz CT molecular complexity index is 1460. The molecule has 0 bridgehead atoms. The number of carbonyl (C=O) groups excluding carboxylic acids is 1. The molecule has 6 heteroatoms. The summed E-state index contributed by atoms with van der Waals surface area (Å²) in [5.74, 6) is 1.12. The Labute approximate surface area is 214 Å². The molecular weight excluding hydrogens is 474 g/mol. The smallest absolute Gasteiger partial charge is 0.270 e. The van der Waals surface area contributed by atoms with E-state index >= 15 is 0 Å². The highest BCUT2D eigenvalue weighted by Crippen LogP contribution is 2.39. The summed E-state index contributed by atoms with van der Waals surface area (Å²) in [6, 6.07) is 27.8. The van der Waals surface area contributed by atoms with E-state index in [4.69, 9.17) is 21.7 Å². The van der Waals surface area contributed by atoms with Crippen LogP contribution in [-0.2, 0) is 11.4 Å². The number of anilines is 1. The molecule has 4 aromatic carbocycles. The maximum Gasteiger partial charge on any atom is 0.270 e. The Kier molecular flexibility index (Phi) is 6.57. The molecule has 0 aromatic heterocycles. The zero-order valence-electron chi connectivity index (χ0n) is 19.4. The molecule has 0 atom stereocenters. The number of methoxy groups -OCH3 is 1. The fraction of sp³-hybridized carbons (Fsp3) is 0.103. The number of thiocarbonyl (C=S) groups is 1. The highest BCUT2D eigenvalue weighted by atomic mass is 32.2. The molecule has 1 fully saturated rings. The summed E-state index contributed by atoms with van der Waals surface area (Å²) >= 11 is 6.90. The Morgan fingerprint density at radius 3 is 2.51 bits per heavy atom. The molecule has 4 aromatic rings. The highest BCUT2D eigenvalue weighted by Gasteiger charge is 2.34. The lowest BCUT2D eigenvalue weighted by molar-refractivity contribution is -0.113. The van der Waals surface area contributed by atoms with Crippen molar-refractivity contribution < 1.29 is 14.3 Å². The van der Waals surface area contributed by atoms with Gasteiger partial charge in [-0.1, -0.05) is 96.3 Å². The first-order valence-electron chi connectivity index (χ1n) is 11.2. The molecule has 0 spiro atoms. The fourth-order valence-corrected chi connectivity index (χ4v) is 5.25. The number of amides is 1. The number of hydrogen-bond acceptors (Lipinski definition) is 5. The zero-order valence-corrected chi connectivity index (χ0v) is 21.0. The van der Waals surface area contributed by atoms with Gasteiger partial charge in [-0.2, -0.15) is 0 Å². The van der Waals surface area contributed by atoms with Crippen LogP contribution in [0.25, 0.3) is 16.8 Å². The highest BCUT2D eigenvalue weighted by molar-refractivity contribution is 8.27. The third-order valence-electron chi connectivity index (χ3n) is 5.80. The molecule has 0 N–H and O–H groups in total. The summed E-state index contributed by atoms with van der Waals surface area (Å²) in [4.78, 5) is 15.5. The van der Waals surface area contributed by atoms with E-state index in [1.807, 2.05) is 78.9 Å². The number of nitrogens with zero attached hydrogens (tertiary/aromatic N) is 1. The van der Waals surface area contributed by atoms with Crippen molar-refractivity contribution >= 4 is 56.7 Å². The lowest BCUT2D eigenvalue weighted by Gasteiger charge is -2.17. The van der Waals surface area contributed by atoms with E-state index in [1.165, 1.54) is 17.3 Å². The van der Waals surface area contributed by atoms with Crippen LogP contribution in [-0.4, -0.2) is 17.3 Å². The molecule has 0 saturated carbocycles. The molecule has 4 nitrogen and oxygen atoms in total. The number of ether oxygens (including phenoxy) is 2.